The first kappa shape index (κ1) is 18.2. The SMILES string of the molecule is O=C(c1cnn(Cc2ccccc2)c1)N1CCC(Cc2ccc(=O)[nH]c2)CC1. The fourth-order valence-electron chi connectivity index (χ4n) is 3.76. The van der Waals surface area contributed by atoms with Crippen LogP contribution in [0.2, 0.25) is 0 Å². The molecule has 0 saturated carbocycles. The minimum Gasteiger partial charge on any atom is -0.339 e. The van der Waals surface area contributed by atoms with Gasteiger partial charge in [-0.1, -0.05) is 36.4 Å². The predicted molar refractivity (Wildman–Crippen MR) is 107 cm³/mol. The number of aromatic nitrogens is 3. The zero-order chi connectivity index (χ0) is 19.3. The van der Waals surface area contributed by atoms with Crippen LogP contribution in [0.15, 0.2) is 65.8 Å². The quantitative estimate of drug-likeness (QED) is 0.744. The molecule has 4 rings (SSSR count). The summed E-state index contributed by atoms with van der Waals surface area (Å²) in [7, 11) is 0. The summed E-state index contributed by atoms with van der Waals surface area (Å²) in [5.41, 5.74) is 2.88. The highest BCUT2D eigenvalue weighted by Gasteiger charge is 2.24. The second-order valence-electron chi connectivity index (χ2n) is 7.41. The molecule has 144 valence electrons. The van der Waals surface area contributed by atoms with Crippen molar-refractivity contribution >= 4 is 5.91 Å². The molecule has 1 saturated heterocycles. The highest BCUT2D eigenvalue weighted by molar-refractivity contribution is 5.93. The van der Waals surface area contributed by atoms with Gasteiger partial charge in [-0.15, -0.1) is 0 Å². The van der Waals surface area contributed by atoms with Gasteiger partial charge in [0.25, 0.3) is 5.91 Å². The number of pyridine rings is 1. The van der Waals surface area contributed by atoms with Crippen LogP contribution in [0.5, 0.6) is 0 Å². The van der Waals surface area contributed by atoms with Crippen molar-refractivity contribution in [2.45, 2.75) is 25.8 Å². The molecular formula is C22H24N4O2. The van der Waals surface area contributed by atoms with Gasteiger partial charge in [0.1, 0.15) is 0 Å². The lowest BCUT2D eigenvalue weighted by Crippen LogP contribution is -2.38. The Bertz CT molecular complexity index is 965. The Kier molecular flexibility index (Phi) is 5.37. The summed E-state index contributed by atoms with van der Waals surface area (Å²) < 4.78 is 1.81. The lowest BCUT2D eigenvalue weighted by Gasteiger charge is -2.31. The number of hydrogen-bond donors (Lipinski definition) is 1. The first-order chi connectivity index (χ1) is 13.7. The molecule has 3 aromatic rings. The van der Waals surface area contributed by atoms with Gasteiger partial charge < -0.3 is 9.88 Å². The molecule has 1 aliphatic rings. The highest BCUT2D eigenvalue weighted by Crippen LogP contribution is 2.22. The average molecular weight is 376 g/mol. The standard InChI is InChI=1S/C22H24N4O2/c27-21-7-6-19(13-23-21)12-17-8-10-25(11-9-17)22(28)20-14-24-26(16-20)15-18-4-2-1-3-5-18/h1-7,13-14,16-17H,8-12,15H2,(H,23,27). The number of carbonyl (C=O) groups excluding carboxylic acids is 1. The van der Waals surface area contributed by atoms with E-state index in [0.717, 1.165) is 43.5 Å². The number of amides is 1. The van der Waals surface area contributed by atoms with Crippen LogP contribution in [0.1, 0.15) is 34.3 Å². The molecule has 0 bridgehead atoms. The van der Waals surface area contributed by atoms with Crippen LogP contribution in [0, 0.1) is 5.92 Å². The smallest absolute Gasteiger partial charge is 0.257 e. The van der Waals surface area contributed by atoms with Gasteiger partial charge in [-0.2, -0.15) is 5.10 Å². The summed E-state index contributed by atoms with van der Waals surface area (Å²) in [6.45, 7) is 2.18. The summed E-state index contributed by atoms with van der Waals surface area (Å²) in [5.74, 6) is 0.595. The lowest BCUT2D eigenvalue weighted by molar-refractivity contribution is 0.0690. The number of piperidine rings is 1. The Balaban J connectivity index is 1.31. The summed E-state index contributed by atoms with van der Waals surface area (Å²) in [4.78, 5) is 28.6. The topological polar surface area (TPSA) is 71.0 Å². The largest absolute Gasteiger partial charge is 0.339 e. The number of benzene rings is 1. The second-order valence-corrected chi connectivity index (χ2v) is 7.41. The van der Waals surface area contributed by atoms with E-state index in [9.17, 15) is 9.59 Å². The molecule has 0 aliphatic carbocycles. The van der Waals surface area contributed by atoms with E-state index in [2.05, 4.69) is 22.2 Å². The van der Waals surface area contributed by atoms with Crippen molar-refractivity contribution in [3.63, 3.8) is 0 Å². The average Bonchev–Trinajstić information content (AvgIpc) is 3.19. The highest BCUT2D eigenvalue weighted by atomic mass is 16.2. The Labute approximate surface area is 163 Å². The molecule has 28 heavy (non-hydrogen) atoms. The van der Waals surface area contributed by atoms with Crippen molar-refractivity contribution in [3.05, 3.63) is 88.1 Å². The number of nitrogens with zero attached hydrogens (tertiary/aromatic N) is 3. The maximum absolute atomic E-state index is 12.8. The van der Waals surface area contributed by atoms with Crippen molar-refractivity contribution in [2.24, 2.45) is 5.92 Å². The Morgan fingerprint density at radius 3 is 2.57 bits per heavy atom. The molecule has 1 aliphatic heterocycles. The van der Waals surface area contributed by atoms with Crippen LogP contribution in [-0.2, 0) is 13.0 Å². The zero-order valence-electron chi connectivity index (χ0n) is 15.8. The molecule has 0 radical (unpaired) electrons. The van der Waals surface area contributed by atoms with Gasteiger partial charge in [0.15, 0.2) is 0 Å². The molecule has 1 fully saturated rings. The van der Waals surface area contributed by atoms with E-state index in [1.165, 1.54) is 0 Å². The third-order valence-corrected chi connectivity index (χ3v) is 5.34. The summed E-state index contributed by atoms with van der Waals surface area (Å²) in [5, 5.41) is 4.35. The third-order valence-electron chi connectivity index (χ3n) is 5.34. The van der Waals surface area contributed by atoms with Crippen LogP contribution in [0.3, 0.4) is 0 Å². The van der Waals surface area contributed by atoms with Crippen molar-refractivity contribution in [1.29, 1.82) is 0 Å². The normalized spacial score (nSPS) is 14.9. The third kappa shape index (κ3) is 4.39. The van der Waals surface area contributed by atoms with E-state index in [-0.39, 0.29) is 11.5 Å². The maximum atomic E-state index is 12.8. The van der Waals surface area contributed by atoms with Gasteiger partial charge in [-0.25, -0.2) is 0 Å². The van der Waals surface area contributed by atoms with Crippen LogP contribution in [0.4, 0.5) is 0 Å². The van der Waals surface area contributed by atoms with Crippen LogP contribution >= 0.6 is 0 Å². The maximum Gasteiger partial charge on any atom is 0.257 e. The van der Waals surface area contributed by atoms with Gasteiger partial charge in [-0.3, -0.25) is 14.3 Å². The minimum atomic E-state index is -0.0722. The summed E-state index contributed by atoms with van der Waals surface area (Å²) >= 11 is 0. The monoisotopic (exact) mass is 376 g/mol. The molecule has 1 N–H and O–H groups in total. The number of rotatable bonds is 5. The molecule has 1 amide bonds. The van der Waals surface area contributed by atoms with Crippen molar-refractivity contribution in [3.8, 4) is 0 Å². The second kappa shape index (κ2) is 8.25. The molecule has 3 heterocycles. The van der Waals surface area contributed by atoms with Gasteiger partial charge >= 0.3 is 0 Å². The van der Waals surface area contributed by atoms with Crippen LogP contribution in [0.25, 0.3) is 0 Å². The summed E-state index contributed by atoms with van der Waals surface area (Å²) in [6, 6.07) is 13.6. The number of carbonyl (C=O) groups is 1. The molecule has 0 unspecified atom stereocenters. The molecule has 1 aromatic carbocycles. The van der Waals surface area contributed by atoms with E-state index in [0.29, 0.717) is 18.0 Å². The van der Waals surface area contributed by atoms with Gasteiger partial charge in [-0.05, 0) is 36.3 Å². The molecule has 6 heteroatoms. The van der Waals surface area contributed by atoms with E-state index in [1.807, 2.05) is 40.0 Å². The Morgan fingerprint density at radius 2 is 1.86 bits per heavy atom. The minimum absolute atomic E-state index is 0.0572. The fourth-order valence-corrected chi connectivity index (χ4v) is 3.76. The Morgan fingerprint density at radius 1 is 1.07 bits per heavy atom. The first-order valence-corrected chi connectivity index (χ1v) is 9.70. The lowest BCUT2D eigenvalue weighted by atomic mass is 9.90. The number of aromatic amines is 1. The molecule has 2 aromatic heterocycles. The zero-order valence-corrected chi connectivity index (χ0v) is 15.8. The van der Waals surface area contributed by atoms with Gasteiger partial charge in [0.05, 0.1) is 18.3 Å². The number of H-pyrrole nitrogens is 1. The number of hydrogen-bond acceptors (Lipinski definition) is 3. The van der Waals surface area contributed by atoms with Gasteiger partial charge in [0, 0.05) is 31.5 Å². The fraction of sp³-hybridized carbons (Fsp3) is 0.318. The number of nitrogens with one attached hydrogen (secondary N) is 1. The molecule has 0 atom stereocenters. The Hall–Kier alpha value is -3.15. The molecular weight excluding hydrogens is 352 g/mol. The van der Waals surface area contributed by atoms with E-state index in [1.54, 1.807) is 18.5 Å². The van der Waals surface area contributed by atoms with E-state index in [4.69, 9.17) is 0 Å². The van der Waals surface area contributed by atoms with Crippen LogP contribution in [-0.4, -0.2) is 38.7 Å². The predicted octanol–water partition coefficient (Wildman–Crippen LogP) is 2.71. The van der Waals surface area contributed by atoms with Crippen molar-refractivity contribution in [1.82, 2.24) is 19.7 Å². The van der Waals surface area contributed by atoms with Crippen molar-refractivity contribution < 1.29 is 4.79 Å². The van der Waals surface area contributed by atoms with Crippen molar-refractivity contribution in [2.75, 3.05) is 13.1 Å². The van der Waals surface area contributed by atoms with Crippen LogP contribution < -0.4 is 5.56 Å². The van der Waals surface area contributed by atoms with Gasteiger partial charge in [0.2, 0.25) is 5.56 Å². The van der Waals surface area contributed by atoms with E-state index < -0.39 is 0 Å². The first-order valence-electron chi connectivity index (χ1n) is 9.70. The molecule has 0 spiro atoms. The van der Waals surface area contributed by atoms with E-state index >= 15 is 0 Å². The number of likely N-dealkylation sites (tertiary alicyclic amines) is 1. The summed E-state index contributed by atoms with van der Waals surface area (Å²) in [6.07, 6.45) is 8.18. The molecule has 6 nitrogen and oxygen atoms in total.